The Balaban J connectivity index is 2.67. The molecule has 0 radical (unpaired) electrons. The maximum absolute atomic E-state index is 13.0. The molecule has 5 nitrogen and oxygen atoms in total. The number of halogens is 4. The molecule has 1 atom stereocenters. The molecule has 0 heterocycles. The predicted octanol–water partition coefficient (Wildman–Crippen LogP) is 5.89. The molecule has 0 saturated carbocycles. The second-order valence-electron chi connectivity index (χ2n) is 6.04. The molecule has 29 heavy (non-hydrogen) atoms. The number of hydrogen-bond acceptors (Lipinski definition) is 4. The van der Waals surface area contributed by atoms with E-state index < -0.39 is 31.4 Å². The summed E-state index contributed by atoms with van der Waals surface area (Å²) in [6.45, 7) is 0. The molecule has 0 amide bonds. The Kier molecular flexibility index (Phi) is 5.98. The van der Waals surface area contributed by atoms with E-state index in [1.807, 2.05) is 0 Å². The number of hydrogen-bond donors (Lipinski definition) is 3. The molecule has 0 aliphatic rings. The van der Waals surface area contributed by atoms with Gasteiger partial charge < -0.3 is 10.2 Å². The van der Waals surface area contributed by atoms with E-state index in [9.17, 15) is 23.2 Å². The summed E-state index contributed by atoms with van der Waals surface area (Å²) in [5.41, 5.74) is -0.719. The van der Waals surface area contributed by atoms with Crippen molar-refractivity contribution in [3.05, 3.63) is 91.4 Å². The Labute approximate surface area is 186 Å². The van der Waals surface area contributed by atoms with Crippen LogP contribution in [0.5, 0.6) is 11.5 Å². The fourth-order valence-corrected chi connectivity index (χ4v) is 5.64. The topological polar surface area (TPSA) is 94.8 Å². The van der Waals surface area contributed by atoms with Crippen molar-refractivity contribution in [2.75, 3.05) is 0 Å². The van der Waals surface area contributed by atoms with Crippen LogP contribution in [-0.2, 0) is 14.9 Å². The van der Waals surface area contributed by atoms with Gasteiger partial charge >= 0.3 is 0 Å². The summed E-state index contributed by atoms with van der Waals surface area (Å²) in [6.07, 6.45) is 0. The van der Waals surface area contributed by atoms with Crippen molar-refractivity contribution in [3.8, 4) is 11.5 Å². The molecule has 0 aliphatic heterocycles. The van der Waals surface area contributed by atoms with Crippen LogP contribution in [-0.4, -0.2) is 23.2 Å². The SMILES string of the molecule is O=S(=O)(O)C(c1ccccc1O)(c1ccccc1Cl)c1cc(Cl)c(Cl)c(O)c1Cl. The molecule has 0 aliphatic carbocycles. The van der Waals surface area contributed by atoms with E-state index in [-0.39, 0.29) is 31.8 Å². The summed E-state index contributed by atoms with van der Waals surface area (Å²) in [5.74, 6) is -1.15. The van der Waals surface area contributed by atoms with E-state index >= 15 is 0 Å². The largest absolute Gasteiger partial charge is 0.508 e. The van der Waals surface area contributed by atoms with Gasteiger partial charge in [0.2, 0.25) is 0 Å². The fraction of sp³-hybridized carbons (Fsp3) is 0.0526. The number of rotatable bonds is 4. The fourth-order valence-electron chi connectivity index (χ4n) is 3.22. The molecule has 3 aromatic rings. The Morgan fingerprint density at radius 1 is 0.724 bits per heavy atom. The first-order valence-electron chi connectivity index (χ1n) is 7.91. The molecule has 3 N–H and O–H groups in total. The highest BCUT2D eigenvalue weighted by atomic mass is 35.5. The van der Waals surface area contributed by atoms with Gasteiger partial charge in [-0.25, -0.2) is 0 Å². The third kappa shape index (κ3) is 3.44. The molecule has 0 aromatic heterocycles. The van der Waals surface area contributed by atoms with Gasteiger partial charge in [0.1, 0.15) is 10.8 Å². The number of phenolic OH excluding ortho intramolecular Hbond substituents is 2. The van der Waals surface area contributed by atoms with Crippen LogP contribution in [0.25, 0.3) is 0 Å². The zero-order chi connectivity index (χ0) is 21.6. The maximum Gasteiger partial charge on any atom is 0.283 e. The van der Waals surface area contributed by atoms with Gasteiger partial charge in [-0.2, -0.15) is 8.42 Å². The third-order valence-electron chi connectivity index (χ3n) is 4.44. The van der Waals surface area contributed by atoms with Crippen molar-refractivity contribution < 1.29 is 23.2 Å². The average Bonchev–Trinajstić information content (AvgIpc) is 2.66. The predicted molar refractivity (Wildman–Crippen MR) is 114 cm³/mol. The summed E-state index contributed by atoms with van der Waals surface area (Å²) < 4.78 is 33.9. The molecular formula is C19H12Cl4O5S. The van der Waals surface area contributed by atoms with Crippen molar-refractivity contribution in [2.45, 2.75) is 4.75 Å². The van der Waals surface area contributed by atoms with Crippen LogP contribution >= 0.6 is 46.4 Å². The smallest absolute Gasteiger partial charge is 0.283 e. The summed E-state index contributed by atoms with van der Waals surface area (Å²) in [4.78, 5) is 0. The first-order chi connectivity index (χ1) is 13.5. The highest BCUT2D eigenvalue weighted by Crippen LogP contribution is 2.54. The van der Waals surface area contributed by atoms with E-state index in [2.05, 4.69) is 0 Å². The molecular weight excluding hydrogens is 482 g/mol. The standard InChI is InChI=1S/C19H12Cl4O5S/c20-13-7-3-1-5-10(13)19(29(26,27)28,11-6-2-4-8-15(11)24)12-9-14(21)17(23)18(25)16(12)22/h1-9,24-25H,(H,26,27,28). The van der Waals surface area contributed by atoms with Gasteiger partial charge in [0.05, 0.1) is 10.0 Å². The zero-order valence-electron chi connectivity index (χ0n) is 14.3. The van der Waals surface area contributed by atoms with Gasteiger partial charge in [-0.05, 0) is 18.2 Å². The Hall–Kier alpha value is -1.67. The lowest BCUT2D eigenvalue weighted by atomic mass is 9.83. The minimum absolute atomic E-state index is 0.0463. The first-order valence-corrected chi connectivity index (χ1v) is 10.9. The van der Waals surface area contributed by atoms with Crippen molar-refractivity contribution >= 4 is 56.5 Å². The Bertz CT molecular complexity index is 1170. The van der Waals surface area contributed by atoms with Gasteiger partial charge in [-0.3, -0.25) is 4.55 Å². The average molecular weight is 494 g/mol. The summed E-state index contributed by atoms with van der Waals surface area (Å²) in [5, 5.41) is 19.8. The Morgan fingerprint density at radius 2 is 1.28 bits per heavy atom. The van der Waals surface area contributed by atoms with Crippen molar-refractivity contribution in [1.29, 1.82) is 0 Å². The van der Waals surface area contributed by atoms with E-state index in [1.54, 1.807) is 6.07 Å². The van der Waals surface area contributed by atoms with Crippen molar-refractivity contribution in [1.82, 2.24) is 0 Å². The van der Waals surface area contributed by atoms with Gasteiger partial charge in [0.15, 0.2) is 10.5 Å². The van der Waals surface area contributed by atoms with Crippen LogP contribution in [0.1, 0.15) is 16.7 Å². The second-order valence-corrected chi connectivity index (χ2v) is 9.17. The van der Waals surface area contributed by atoms with Crippen molar-refractivity contribution in [2.24, 2.45) is 0 Å². The molecule has 0 fully saturated rings. The molecule has 1 unspecified atom stereocenters. The van der Waals surface area contributed by atoms with Gasteiger partial charge in [0, 0.05) is 21.7 Å². The van der Waals surface area contributed by atoms with Crippen molar-refractivity contribution in [3.63, 3.8) is 0 Å². The van der Waals surface area contributed by atoms with Crippen LogP contribution in [0.3, 0.4) is 0 Å². The minimum Gasteiger partial charge on any atom is -0.508 e. The lowest BCUT2D eigenvalue weighted by Gasteiger charge is -2.34. The third-order valence-corrected chi connectivity index (χ3v) is 7.36. The second kappa shape index (κ2) is 7.87. The van der Waals surface area contributed by atoms with Crippen LogP contribution in [0.4, 0.5) is 0 Å². The minimum atomic E-state index is -5.14. The van der Waals surface area contributed by atoms with E-state index in [4.69, 9.17) is 46.4 Å². The van der Waals surface area contributed by atoms with Gasteiger partial charge in [0.25, 0.3) is 10.1 Å². The van der Waals surface area contributed by atoms with Crippen LogP contribution < -0.4 is 0 Å². The number of aromatic hydroxyl groups is 2. The zero-order valence-corrected chi connectivity index (χ0v) is 18.1. The van der Waals surface area contributed by atoms with Crippen LogP contribution in [0, 0.1) is 0 Å². The number of benzene rings is 3. The Morgan fingerprint density at radius 3 is 1.83 bits per heavy atom. The molecule has 0 bridgehead atoms. The molecule has 3 rings (SSSR count). The number of phenols is 2. The van der Waals surface area contributed by atoms with Crippen LogP contribution in [0.15, 0.2) is 54.6 Å². The van der Waals surface area contributed by atoms with E-state index in [1.165, 1.54) is 42.5 Å². The lowest BCUT2D eigenvalue weighted by Crippen LogP contribution is -2.39. The van der Waals surface area contributed by atoms with Gasteiger partial charge in [-0.15, -0.1) is 0 Å². The summed E-state index contributed by atoms with van der Waals surface area (Å²) in [6, 6.07) is 12.3. The quantitative estimate of drug-likeness (QED) is 0.239. The molecule has 10 heteroatoms. The van der Waals surface area contributed by atoms with Crippen LogP contribution in [0.2, 0.25) is 20.1 Å². The lowest BCUT2D eigenvalue weighted by molar-refractivity contribution is 0.439. The highest BCUT2D eigenvalue weighted by molar-refractivity contribution is 7.87. The summed E-state index contributed by atoms with van der Waals surface area (Å²) in [7, 11) is -5.14. The number of para-hydroxylation sites is 1. The molecule has 152 valence electrons. The molecule has 0 spiro atoms. The highest BCUT2D eigenvalue weighted by Gasteiger charge is 2.52. The summed E-state index contributed by atoms with van der Waals surface area (Å²) >= 11 is 24.6. The normalized spacial score (nSPS) is 13.8. The molecule has 0 saturated heterocycles. The monoisotopic (exact) mass is 492 g/mol. The van der Waals surface area contributed by atoms with Gasteiger partial charge in [-0.1, -0.05) is 82.8 Å². The van der Waals surface area contributed by atoms with E-state index in [0.717, 1.165) is 6.07 Å². The van der Waals surface area contributed by atoms with E-state index in [0.29, 0.717) is 0 Å². The molecule has 3 aromatic carbocycles. The first kappa shape index (κ1) is 22.0. The maximum atomic E-state index is 13.0.